The molecule has 2 N–H and O–H groups in total. The van der Waals surface area contributed by atoms with Crippen LogP contribution in [0, 0.1) is 6.92 Å². The van der Waals surface area contributed by atoms with Crippen LogP contribution in [-0.4, -0.2) is 27.9 Å². The second kappa shape index (κ2) is 6.19. The van der Waals surface area contributed by atoms with Gasteiger partial charge in [0.1, 0.15) is 5.54 Å². The van der Waals surface area contributed by atoms with Crippen LogP contribution in [0.1, 0.15) is 38.7 Å². The van der Waals surface area contributed by atoms with E-state index in [0.717, 1.165) is 12.8 Å². The van der Waals surface area contributed by atoms with Crippen molar-refractivity contribution in [1.82, 2.24) is 5.32 Å². The van der Waals surface area contributed by atoms with Crippen LogP contribution in [0.5, 0.6) is 0 Å². The lowest BCUT2D eigenvalue weighted by Crippen LogP contribution is -2.51. The summed E-state index contributed by atoms with van der Waals surface area (Å²) >= 11 is 1.75. The summed E-state index contributed by atoms with van der Waals surface area (Å²) in [5.74, 6) is -0.749. The Hall–Kier alpha value is -1.00. The highest BCUT2D eigenvalue weighted by molar-refractivity contribution is 7.99. The minimum Gasteiger partial charge on any atom is -0.480 e. The molecule has 1 fully saturated rings. The van der Waals surface area contributed by atoms with Crippen LogP contribution in [0.15, 0.2) is 29.2 Å². The Labute approximate surface area is 125 Å². The van der Waals surface area contributed by atoms with Crippen LogP contribution >= 0.6 is 11.8 Å². The third kappa shape index (κ3) is 4.25. The molecule has 1 aliphatic rings. The average molecular weight is 293 g/mol. The highest BCUT2D eigenvalue weighted by Crippen LogP contribution is 2.31. The zero-order chi connectivity index (χ0) is 14.8. The second-order valence-electron chi connectivity index (χ2n) is 6.00. The van der Waals surface area contributed by atoms with Gasteiger partial charge in [-0.2, -0.15) is 0 Å². The highest BCUT2D eigenvalue weighted by atomic mass is 32.2. The van der Waals surface area contributed by atoms with Gasteiger partial charge in [-0.05, 0) is 45.2 Å². The largest absolute Gasteiger partial charge is 0.480 e. The topological polar surface area (TPSA) is 49.3 Å². The Bertz CT molecular complexity index is 487. The van der Waals surface area contributed by atoms with E-state index in [2.05, 4.69) is 37.4 Å². The molecular formula is C16H23NO2S. The van der Waals surface area contributed by atoms with Crippen LogP contribution < -0.4 is 5.32 Å². The van der Waals surface area contributed by atoms with Crippen LogP contribution in [-0.2, 0) is 4.79 Å². The lowest BCUT2D eigenvalue weighted by Gasteiger charge is -2.29. The summed E-state index contributed by atoms with van der Waals surface area (Å²) in [5.41, 5.74) is 0.413. The van der Waals surface area contributed by atoms with Crippen molar-refractivity contribution in [3.63, 3.8) is 0 Å². The second-order valence-corrected chi connectivity index (χ2v) is 7.52. The number of rotatable bonds is 7. The van der Waals surface area contributed by atoms with Crippen molar-refractivity contribution in [1.29, 1.82) is 0 Å². The van der Waals surface area contributed by atoms with Crippen LogP contribution in [0.3, 0.4) is 0 Å². The van der Waals surface area contributed by atoms with Crippen molar-refractivity contribution in [2.45, 2.75) is 61.8 Å². The molecule has 0 aromatic heterocycles. The first kappa shape index (κ1) is 15.4. The molecule has 1 aliphatic carbocycles. The van der Waals surface area contributed by atoms with Crippen LogP contribution in [0.4, 0.5) is 0 Å². The fourth-order valence-corrected chi connectivity index (χ4v) is 3.72. The SMILES string of the molecule is Cc1cccc(SC(C)CC(C)(NC2CC2)C(=O)O)c1. The van der Waals surface area contributed by atoms with Crippen LogP contribution in [0.2, 0.25) is 0 Å². The molecule has 3 nitrogen and oxygen atoms in total. The molecule has 0 spiro atoms. The summed E-state index contributed by atoms with van der Waals surface area (Å²) in [6.45, 7) is 5.98. The first-order valence-corrected chi connectivity index (χ1v) is 8.01. The van der Waals surface area contributed by atoms with E-state index in [1.807, 2.05) is 6.07 Å². The van der Waals surface area contributed by atoms with Gasteiger partial charge in [0.05, 0.1) is 0 Å². The fourth-order valence-electron chi connectivity index (χ4n) is 2.42. The number of aliphatic carboxylic acids is 1. The summed E-state index contributed by atoms with van der Waals surface area (Å²) in [7, 11) is 0. The minimum atomic E-state index is -0.822. The lowest BCUT2D eigenvalue weighted by atomic mass is 9.96. The Morgan fingerprint density at radius 2 is 2.25 bits per heavy atom. The van der Waals surface area contributed by atoms with Crippen molar-refractivity contribution in [2.24, 2.45) is 0 Å². The van der Waals surface area contributed by atoms with Gasteiger partial charge in [-0.15, -0.1) is 11.8 Å². The number of carbonyl (C=O) groups is 1. The van der Waals surface area contributed by atoms with Crippen molar-refractivity contribution in [3.05, 3.63) is 29.8 Å². The Balaban J connectivity index is 1.97. The molecule has 0 aliphatic heterocycles. The fraction of sp³-hybridized carbons (Fsp3) is 0.562. The molecule has 2 unspecified atom stereocenters. The first-order chi connectivity index (χ1) is 9.39. The molecule has 1 aromatic rings. The number of nitrogens with one attached hydrogen (secondary N) is 1. The molecule has 20 heavy (non-hydrogen) atoms. The molecule has 0 radical (unpaired) electrons. The molecule has 1 aromatic carbocycles. The van der Waals surface area contributed by atoms with Gasteiger partial charge in [-0.25, -0.2) is 0 Å². The van der Waals surface area contributed by atoms with E-state index in [1.165, 1.54) is 10.5 Å². The summed E-state index contributed by atoms with van der Waals surface area (Å²) in [5, 5.41) is 13.0. The molecule has 0 heterocycles. The number of carboxylic acid groups (broad SMARTS) is 1. The predicted molar refractivity (Wildman–Crippen MR) is 83.3 cm³/mol. The number of aryl methyl sites for hydroxylation is 1. The van der Waals surface area contributed by atoms with E-state index >= 15 is 0 Å². The smallest absolute Gasteiger partial charge is 0.323 e. The van der Waals surface area contributed by atoms with Gasteiger partial charge in [0, 0.05) is 16.2 Å². The molecule has 0 amide bonds. The van der Waals surface area contributed by atoms with Gasteiger partial charge < -0.3 is 5.11 Å². The maximum atomic E-state index is 11.6. The third-order valence-electron chi connectivity index (χ3n) is 3.59. The maximum absolute atomic E-state index is 11.6. The number of hydrogen-bond acceptors (Lipinski definition) is 3. The Kier molecular flexibility index (Phi) is 4.76. The van der Waals surface area contributed by atoms with Crippen molar-refractivity contribution in [3.8, 4) is 0 Å². The highest BCUT2D eigenvalue weighted by Gasteiger charge is 2.39. The summed E-state index contributed by atoms with van der Waals surface area (Å²) in [6, 6.07) is 8.74. The van der Waals surface area contributed by atoms with E-state index in [0.29, 0.717) is 12.5 Å². The molecule has 2 atom stereocenters. The first-order valence-electron chi connectivity index (χ1n) is 7.13. The van der Waals surface area contributed by atoms with E-state index in [1.54, 1.807) is 18.7 Å². The van der Waals surface area contributed by atoms with Crippen molar-refractivity contribution < 1.29 is 9.90 Å². The van der Waals surface area contributed by atoms with Crippen molar-refractivity contribution in [2.75, 3.05) is 0 Å². The van der Waals surface area contributed by atoms with Gasteiger partial charge in [0.15, 0.2) is 0 Å². The minimum absolute atomic E-state index is 0.254. The monoisotopic (exact) mass is 293 g/mol. The number of carboxylic acids is 1. The summed E-state index contributed by atoms with van der Waals surface area (Å²) in [4.78, 5) is 12.8. The van der Waals surface area contributed by atoms with Crippen molar-refractivity contribution >= 4 is 17.7 Å². The van der Waals surface area contributed by atoms with E-state index in [-0.39, 0.29) is 5.25 Å². The molecule has 110 valence electrons. The average Bonchev–Trinajstić information content (AvgIpc) is 3.12. The number of hydrogen-bond donors (Lipinski definition) is 2. The molecule has 0 bridgehead atoms. The molecule has 0 saturated heterocycles. The quantitative estimate of drug-likeness (QED) is 0.756. The molecule has 2 rings (SSSR count). The van der Waals surface area contributed by atoms with Crippen LogP contribution in [0.25, 0.3) is 0 Å². The normalized spacial score (nSPS) is 19.4. The van der Waals surface area contributed by atoms with Gasteiger partial charge in [0.25, 0.3) is 0 Å². The van der Waals surface area contributed by atoms with Gasteiger partial charge in [-0.3, -0.25) is 10.1 Å². The van der Waals surface area contributed by atoms with Gasteiger partial charge in [-0.1, -0.05) is 24.6 Å². The molecule has 4 heteroatoms. The Morgan fingerprint density at radius 1 is 1.55 bits per heavy atom. The number of thioether (sulfide) groups is 1. The van der Waals surface area contributed by atoms with Gasteiger partial charge in [0.2, 0.25) is 0 Å². The zero-order valence-electron chi connectivity index (χ0n) is 12.3. The third-order valence-corrected chi connectivity index (χ3v) is 4.69. The van der Waals surface area contributed by atoms with E-state index in [9.17, 15) is 9.90 Å². The summed E-state index contributed by atoms with van der Waals surface area (Å²) in [6.07, 6.45) is 2.82. The van der Waals surface area contributed by atoms with Gasteiger partial charge >= 0.3 is 5.97 Å². The zero-order valence-corrected chi connectivity index (χ0v) is 13.2. The Morgan fingerprint density at radius 3 is 2.80 bits per heavy atom. The van der Waals surface area contributed by atoms with E-state index < -0.39 is 11.5 Å². The lowest BCUT2D eigenvalue weighted by molar-refractivity contribution is -0.144. The standard InChI is InChI=1S/C16H23NO2S/c1-11-5-4-6-14(9-11)20-12(2)10-16(3,15(18)19)17-13-7-8-13/h4-6,9,12-13,17H,7-8,10H2,1-3H3,(H,18,19). The predicted octanol–water partition coefficient (Wildman–Crippen LogP) is 3.46. The van der Waals surface area contributed by atoms with E-state index in [4.69, 9.17) is 0 Å². The molecular weight excluding hydrogens is 270 g/mol. The summed E-state index contributed by atoms with van der Waals surface area (Å²) < 4.78 is 0. The maximum Gasteiger partial charge on any atom is 0.323 e. The number of benzene rings is 1. The molecule has 1 saturated carbocycles.